The van der Waals surface area contributed by atoms with Crippen LogP contribution in [0.25, 0.3) is 10.9 Å². The molecule has 1 heterocycles. The molecule has 1 aliphatic rings. The summed E-state index contributed by atoms with van der Waals surface area (Å²) < 4.78 is 6.93. The van der Waals surface area contributed by atoms with Crippen LogP contribution in [-0.2, 0) is 9.53 Å². The molecule has 4 atom stereocenters. The predicted octanol–water partition coefficient (Wildman–Crippen LogP) is 3.78. The zero-order valence-electron chi connectivity index (χ0n) is 17.7. The Balaban J connectivity index is 1.86. The maximum atomic E-state index is 13.1. The van der Waals surface area contributed by atoms with E-state index in [1.165, 1.54) is 18.2 Å². The van der Waals surface area contributed by atoms with Crippen LogP contribution in [0.3, 0.4) is 0 Å². The van der Waals surface area contributed by atoms with Crippen molar-refractivity contribution in [3.8, 4) is 0 Å². The van der Waals surface area contributed by atoms with E-state index in [4.69, 9.17) is 9.72 Å². The maximum Gasteiger partial charge on any atom is 0.262 e. The average Bonchev–Trinajstić information content (AvgIpc) is 2.70. The molecule has 0 spiro atoms. The summed E-state index contributed by atoms with van der Waals surface area (Å²) in [4.78, 5) is 30.7. The Morgan fingerprint density at radius 1 is 1.31 bits per heavy atom. The van der Waals surface area contributed by atoms with Gasteiger partial charge in [0.2, 0.25) is 5.91 Å². The van der Waals surface area contributed by atoms with E-state index < -0.39 is 0 Å². The normalized spacial score (nSPS) is 21.7. The van der Waals surface area contributed by atoms with Gasteiger partial charge in [-0.05, 0) is 44.7 Å². The third-order valence-electron chi connectivity index (χ3n) is 5.71. The lowest BCUT2D eigenvalue weighted by Gasteiger charge is -2.30. The van der Waals surface area contributed by atoms with E-state index in [0.717, 1.165) is 19.3 Å². The van der Waals surface area contributed by atoms with Crippen LogP contribution in [0.15, 0.2) is 34.2 Å². The molecule has 2 aromatic rings. The number of nitrogens with one attached hydrogen (secondary N) is 1. The van der Waals surface area contributed by atoms with Crippen molar-refractivity contribution < 1.29 is 9.53 Å². The predicted molar refractivity (Wildman–Crippen MR) is 117 cm³/mol. The quantitative estimate of drug-likeness (QED) is 0.548. The fourth-order valence-corrected chi connectivity index (χ4v) is 4.97. The highest BCUT2D eigenvalue weighted by molar-refractivity contribution is 8.00. The van der Waals surface area contributed by atoms with Gasteiger partial charge in [0.15, 0.2) is 5.16 Å². The molecule has 1 fully saturated rings. The van der Waals surface area contributed by atoms with E-state index in [9.17, 15) is 9.59 Å². The molecule has 0 bridgehead atoms. The minimum Gasteiger partial charge on any atom is -0.383 e. The van der Waals surface area contributed by atoms with Gasteiger partial charge in [-0.25, -0.2) is 4.98 Å². The minimum absolute atomic E-state index is 0.00195. The Morgan fingerprint density at radius 3 is 2.76 bits per heavy atom. The number of benzene rings is 1. The van der Waals surface area contributed by atoms with Crippen LogP contribution in [0.4, 0.5) is 0 Å². The van der Waals surface area contributed by atoms with Crippen LogP contribution in [0.1, 0.15) is 52.5 Å². The Bertz CT molecular complexity index is 914. The second-order valence-electron chi connectivity index (χ2n) is 8.03. The van der Waals surface area contributed by atoms with E-state index in [-0.39, 0.29) is 28.8 Å². The van der Waals surface area contributed by atoms with Crippen molar-refractivity contribution in [2.24, 2.45) is 5.92 Å². The Labute approximate surface area is 176 Å². The number of hydrogen-bond donors (Lipinski definition) is 1. The minimum atomic E-state index is -0.349. The summed E-state index contributed by atoms with van der Waals surface area (Å²) in [6, 6.07) is 7.38. The maximum absolute atomic E-state index is 13.1. The van der Waals surface area contributed by atoms with E-state index in [0.29, 0.717) is 28.6 Å². The SMILES string of the molecule is COC[C@H](C)n1c(S[C@H](C)C(=O)N[C@H]2CCCC[C@H]2C)nc2ccccc2c1=O. The fourth-order valence-electron chi connectivity index (χ4n) is 3.96. The summed E-state index contributed by atoms with van der Waals surface area (Å²) in [6.45, 7) is 6.41. The van der Waals surface area contributed by atoms with Gasteiger partial charge in [0.1, 0.15) is 0 Å². The molecule has 1 N–H and O–H groups in total. The summed E-state index contributed by atoms with van der Waals surface area (Å²) >= 11 is 1.34. The molecule has 1 aromatic carbocycles. The fraction of sp³-hybridized carbons (Fsp3) is 0.591. The summed E-state index contributed by atoms with van der Waals surface area (Å²) in [6.07, 6.45) is 4.60. The van der Waals surface area contributed by atoms with Crippen molar-refractivity contribution in [1.82, 2.24) is 14.9 Å². The lowest BCUT2D eigenvalue weighted by Crippen LogP contribution is -2.44. The van der Waals surface area contributed by atoms with Gasteiger partial charge in [0, 0.05) is 13.2 Å². The molecule has 3 rings (SSSR count). The molecule has 0 unspecified atom stereocenters. The standard InChI is InChI=1S/C22H31N3O3S/c1-14-9-5-7-11-18(14)23-20(26)16(3)29-22-24-19-12-8-6-10-17(19)21(27)25(22)15(2)13-28-4/h6,8,10,12,14-16,18H,5,7,9,11,13H2,1-4H3,(H,23,26)/t14-,15+,16-,18+/m1/s1. The summed E-state index contributed by atoms with van der Waals surface area (Å²) in [7, 11) is 1.62. The smallest absolute Gasteiger partial charge is 0.262 e. The lowest BCUT2D eigenvalue weighted by molar-refractivity contribution is -0.121. The number of aromatic nitrogens is 2. The van der Waals surface area contributed by atoms with Crippen molar-refractivity contribution in [2.75, 3.05) is 13.7 Å². The highest BCUT2D eigenvalue weighted by Crippen LogP contribution is 2.27. The van der Waals surface area contributed by atoms with Crippen molar-refractivity contribution in [3.05, 3.63) is 34.6 Å². The van der Waals surface area contributed by atoms with Crippen LogP contribution in [0, 0.1) is 5.92 Å². The second kappa shape index (κ2) is 9.76. The van der Waals surface area contributed by atoms with Gasteiger partial charge < -0.3 is 10.1 Å². The van der Waals surface area contributed by atoms with Gasteiger partial charge in [-0.15, -0.1) is 0 Å². The third-order valence-corrected chi connectivity index (χ3v) is 6.78. The zero-order valence-corrected chi connectivity index (χ0v) is 18.5. The second-order valence-corrected chi connectivity index (χ2v) is 9.34. The first-order valence-corrected chi connectivity index (χ1v) is 11.3. The average molecular weight is 418 g/mol. The van der Waals surface area contributed by atoms with E-state index >= 15 is 0 Å². The molecule has 1 saturated carbocycles. The number of carbonyl (C=O) groups is 1. The summed E-state index contributed by atoms with van der Waals surface area (Å²) in [5.74, 6) is 0.505. The van der Waals surface area contributed by atoms with Crippen LogP contribution < -0.4 is 10.9 Å². The van der Waals surface area contributed by atoms with Gasteiger partial charge in [-0.1, -0.05) is 43.7 Å². The number of rotatable bonds is 7. The molecule has 1 aliphatic carbocycles. The monoisotopic (exact) mass is 417 g/mol. The first-order chi connectivity index (χ1) is 13.9. The number of carbonyl (C=O) groups excluding carboxylic acids is 1. The molecule has 1 aromatic heterocycles. The van der Waals surface area contributed by atoms with E-state index in [1.54, 1.807) is 17.7 Å². The summed E-state index contributed by atoms with van der Waals surface area (Å²) in [5.41, 5.74) is 0.547. The van der Waals surface area contributed by atoms with Crippen LogP contribution in [0.2, 0.25) is 0 Å². The highest BCUT2D eigenvalue weighted by atomic mass is 32.2. The van der Waals surface area contributed by atoms with Gasteiger partial charge in [0.25, 0.3) is 5.56 Å². The largest absolute Gasteiger partial charge is 0.383 e. The number of para-hydroxylation sites is 1. The van der Waals surface area contributed by atoms with Gasteiger partial charge in [-0.2, -0.15) is 0 Å². The number of ether oxygens (including phenoxy) is 1. The molecule has 0 aliphatic heterocycles. The summed E-state index contributed by atoms with van der Waals surface area (Å²) in [5, 5.41) is 4.00. The molecular weight excluding hydrogens is 386 g/mol. The van der Waals surface area contributed by atoms with Crippen LogP contribution >= 0.6 is 11.8 Å². The molecule has 6 nitrogen and oxygen atoms in total. The number of methoxy groups -OCH3 is 1. The first kappa shape index (κ1) is 21.8. The molecule has 1 amide bonds. The number of nitrogens with zero attached hydrogens (tertiary/aromatic N) is 2. The highest BCUT2D eigenvalue weighted by Gasteiger charge is 2.27. The number of hydrogen-bond acceptors (Lipinski definition) is 5. The number of fused-ring (bicyclic) bond motifs is 1. The molecule has 0 radical (unpaired) electrons. The molecule has 7 heteroatoms. The van der Waals surface area contributed by atoms with Gasteiger partial charge >= 0.3 is 0 Å². The Kier molecular flexibility index (Phi) is 7.35. The van der Waals surface area contributed by atoms with Crippen LogP contribution in [0.5, 0.6) is 0 Å². The van der Waals surface area contributed by atoms with E-state index in [2.05, 4.69) is 12.2 Å². The molecular formula is C22H31N3O3S. The lowest BCUT2D eigenvalue weighted by atomic mass is 9.86. The molecule has 158 valence electrons. The van der Waals surface area contributed by atoms with Gasteiger partial charge in [0.05, 0.1) is 28.8 Å². The number of thioether (sulfide) groups is 1. The van der Waals surface area contributed by atoms with Crippen molar-refractivity contribution in [1.29, 1.82) is 0 Å². The Hall–Kier alpha value is -1.86. The first-order valence-electron chi connectivity index (χ1n) is 10.4. The Morgan fingerprint density at radius 2 is 2.03 bits per heavy atom. The van der Waals surface area contributed by atoms with Crippen molar-refractivity contribution in [2.45, 2.75) is 68.9 Å². The van der Waals surface area contributed by atoms with Crippen molar-refractivity contribution >= 4 is 28.6 Å². The number of amides is 1. The third kappa shape index (κ3) is 5.01. The van der Waals surface area contributed by atoms with Crippen LogP contribution in [-0.4, -0.2) is 40.5 Å². The zero-order chi connectivity index (χ0) is 21.0. The van der Waals surface area contributed by atoms with Crippen molar-refractivity contribution in [3.63, 3.8) is 0 Å². The molecule has 29 heavy (non-hydrogen) atoms. The van der Waals surface area contributed by atoms with Gasteiger partial charge in [-0.3, -0.25) is 14.2 Å². The molecule has 0 saturated heterocycles. The topological polar surface area (TPSA) is 73.2 Å². The van der Waals surface area contributed by atoms with E-state index in [1.807, 2.05) is 32.0 Å².